The van der Waals surface area contributed by atoms with Gasteiger partial charge in [0.15, 0.2) is 5.96 Å². The van der Waals surface area contributed by atoms with Crippen molar-refractivity contribution in [2.24, 2.45) is 10.9 Å². The predicted octanol–water partition coefficient (Wildman–Crippen LogP) is 1.13. The third-order valence-corrected chi connectivity index (χ3v) is 3.55. The van der Waals surface area contributed by atoms with Crippen LogP contribution in [0.15, 0.2) is 23.2 Å². The quantitative estimate of drug-likeness (QED) is 0.651. The minimum absolute atomic E-state index is 0.587. The number of nitrogens with zero attached hydrogens (tertiary/aromatic N) is 3. The third-order valence-electron chi connectivity index (χ3n) is 3.55. The number of nitrogens with one attached hydrogen (secondary N) is 1. The zero-order valence-corrected chi connectivity index (χ0v) is 13.0. The molecule has 1 saturated heterocycles. The van der Waals surface area contributed by atoms with Crippen molar-refractivity contribution in [3.05, 3.63) is 23.9 Å². The average molecular weight is 292 g/mol. The highest BCUT2D eigenvalue weighted by atomic mass is 16.5. The standard InChI is InChI=1S/C15H24N4O2/c1-16-15(19(2)10-12-7-8-21-11-12)17-9-13-5-4-6-14(18-13)20-3/h4-6,12H,7-11H2,1-3H3,(H,16,17). The molecule has 0 spiro atoms. The SMILES string of the molecule is CN=C(NCc1cccc(OC)n1)N(C)CC1CCOC1. The maximum Gasteiger partial charge on any atom is 0.213 e. The molecule has 2 heterocycles. The van der Waals surface area contributed by atoms with Gasteiger partial charge in [0.25, 0.3) is 0 Å². The molecule has 1 aliphatic heterocycles. The first-order valence-corrected chi connectivity index (χ1v) is 7.22. The number of rotatable bonds is 5. The van der Waals surface area contributed by atoms with Crippen LogP contribution in [-0.2, 0) is 11.3 Å². The van der Waals surface area contributed by atoms with Gasteiger partial charge in [-0.2, -0.15) is 0 Å². The lowest BCUT2D eigenvalue weighted by atomic mass is 10.1. The summed E-state index contributed by atoms with van der Waals surface area (Å²) >= 11 is 0. The van der Waals surface area contributed by atoms with Gasteiger partial charge in [-0.05, 0) is 12.5 Å². The molecule has 21 heavy (non-hydrogen) atoms. The minimum atomic E-state index is 0.587. The fraction of sp³-hybridized carbons (Fsp3) is 0.600. The van der Waals surface area contributed by atoms with Gasteiger partial charge >= 0.3 is 0 Å². The lowest BCUT2D eigenvalue weighted by Crippen LogP contribution is -2.41. The number of aliphatic imine (C=N–C) groups is 1. The van der Waals surface area contributed by atoms with Crippen LogP contribution in [0.25, 0.3) is 0 Å². The van der Waals surface area contributed by atoms with Crippen molar-refractivity contribution in [2.75, 3.05) is 41.0 Å². The predicted molar refractivity (Wildman–Crippen MR) is 82.5 cm³/mol. The molecular formula is C15H24N4O2. The van der Waals surface area contributed by atoms with Crippen LogP contribution in [-0.4, -0.2) is 56.8 Å². The highest BCUT2D eigenvalue weighted by Gasteiger charge is 2.19. The number of guanidine groups is 1. The van der Waals surface area contributed by atoms with E-state index in [4.69, 9.17) is 9.47 Å². The van der Waals surface area contributed by atoms with Crippen molar-refractivity contribution in [1.29, 1.82) is 0 Å². The zero-order valence-electron chi connectivity index (χ0n) is 13.0. The van der Waals surface area contributed by atoms with Crippen molar-refractivity contribution >= 4 is 5.96 Å². The Balaban J connectivity index is 1.86. The van der Waals surface area contributed by atoms with E-state index < -0.39 is 0 Å². The molecule has 2 rings (SSSR count). The van der Waals surface area contributed by atoms with Crippen LogP contribution in [0.3, 0.4) is 0 Å². The van der Waals surface area contributed by atoms with Crippen LogP contribution in [0.2, 0.25) is 0 Å². The topological polar surface area (TPSA) is 59.0 Å². The van der Waals surface area contributed by atoms with Gasteiger partial charge in [0.2, 0.25) is 5.88 Å². The second-order valence-electron chi connectivity index (χ2n) is 5.18. The number of methoxy groups -OCH3 is 1. The summed E-state index contributed by atoms with van der Waals surface area (Å²) in [7, 11) is 5.46. The molecule has 0 bridgehead atoms. The van der Waals surface area contributed by atoms with Crippen molar-refractivity contribution in [3.63, 3.8) is 0 Å². The molecule has 0 aliphatic carbocycles. The average Bonchev–Trinajstić information content (AvgIpc) is 3.01. The second kappa shape index (κ2) is 7.83. The summed E-state index contributed by atoms with van der Waals surface area (Å²) in [4.78, 5) is 10.8. The highest BCUT2D eigenvalue weighted by Crippen LogP contribution is 2.13. The number of pyridine rings is 1. The van der Waals surface area contributed by atoms with Gasteiger partial charge < -0.3 is 19.7 Å². The lowest BCUT2D eigenvalue weighted by molar-refractivity contribution is 0.181. The summed E-state index contributed by atoms with van der Waals surface area (Å²) in [6.07, 6.45) is 1.12. The Kier molecular flexibility index (Phi) is 5.80. The van der Waals surface area contributed by atoms with Gasteiger partial charge in [0.05, 0.1) is 26.0 Å². The molecule has 0 amide bonds. The van der Waals surface area contributed by atoms with E-state index in [-0.39, 0.29) is 0 Å². The normalized spacial score (nSPS) is 18.6. The van der Waals surface area contributed by atoms with Crippen LogP contribution in [0.4, 0.5) is 0 Å². The smallest absolute Gasteiger partial charge is 0.213 e. The van der Waals surface area contributed by atoms with E-state index in [2.05, 4.69) is 20.2 Å². The maximum atomic E-state index is 5.42. The number of hydrogen-bond acceptors (Lipinski definition) is 4. The van der Waals surface area contributed by atoms with Crippen molar-refractivity contribution in [1.82, 2.24) is 15.2 Å². The van der Waals surface area contributed by atoms with E-state index >= 15 is 0 Å². The van der Waals surface area contributed by atoms with Gasteiger partial charge in [-0.3, -0.25) is 4.99 Å². The van der Waals surface area contributed by atoms with Crippen LogP contribution < -0.4 is 10.1 Å². The van der Waals surface area contributed by atoms with E-state index in [1.165, 1.54) is 0 Å². The Labute approximate surface area is 126 Å². The van der Waals surface area contributed by atoms with E-state index in [0.717, 1.165) is 37.8 Å². The molecule has 1 atom stereocenters. The van der Waals surface area contributed by atoms with Crippen molar-refractivity contribution < 1.29 is 9.47 Å². The molecule has 6 heteroatoms. The Morgan fingerprint density at radius 1 is 1.57 bits per heavy atom. The second-order valence-corrected chi connectivity index (χ2v) is 5.18. The molecule has 1 aromatic heterocycles. The Morgan fingerprint density at radius 3 is 3.10 bits per heavy atom. The fourth-order valence-electron chi connectivity index (χ4n) is 2.43. The molecule has 1 unspecified atom stereocenters. The molecule has 0 saturated carbocycles. The fourth-order valence-corrected chi connectivity index (χ4v) is 2.43. The first kappa shape index (κ1) is 15.6. The molecule has 1 N–H and O–H groups in total. The van der Waals surface area contributed by atoms with Crippen LogP contribution >= 0.6 is 0 Å². The van der Waals surface area contributed by atoms with Crippen LogP contribution in [0, 0.1) is 5.92 Å². The van der Waals surface area contributed by atoms with Gasteiger partial charge in [0, 0.05) is 39.2 Å². The molecule has 0 aromatic carbocycles. The maximum absolute atomic E-state index is 5.42. The van der Waals surface area contributed by atoms with Gasteiger partial charge in [-0.1, -0.05) is 6.07 Å². The monoisotopic (exact) mass is 292 g/mol. The highest BCUT2D eigenvalue weighted by molar-refractivity contribution is 5.79. The molecule has 1 fully saturated rings. The molecule has 1 aliphatic rings. The van der Waals surface area contributed by atoms with Crippen LogP contribution in [0.1, 0.15) is 12.1 Å². The summed E-state index contributed by atoms with van der Waals surface area (Å²) in [6.45, 7) is 3.29. The molecule has 1 aromatic rings. The lowest BCUT2D eigenvalue weighted by Gasteiger charge is -2.24. The molecule has 6 nitrogen and oxygen atoms in total. The van der Waals surface area contributed by atoms with E-state index in [1.54, 1.807) is 14.2 Å². The summed E-state index contributed by atoms with van der Waals surface area (Å²) in [6, 6.07) is 5.74. The Morgan fingerprint density at radius 2 is 2.43 bits per heavy atom. The minimum Gasteiger partial charge on any atom is -0.481 e. The van der Waals surface area contributed by atoms with Gasteiger partial charge in [0.1, 0.15) is 0 Å². The summed E-state index contributed by atoms with van der Waals surface area (Å²) in [5.74, 6) is 2.08. The van der Waals surface area contributed by atoms with E-state index in [9.17, 15) is 0 Å². The van der Waals surface area contributed by atoms with Crippen LogP contribution in [0.5, 0.6) is 5.88 Å². The van der Waals surface area contributed by atoms with Crippen molar-refractivity contribution in [2.45, 2.75) is 13.0 Å². The Hall–Kier alpha value is -1.82. The van der Waals surface area contributed by atoms with Gasteiger partial charge in [-0.25, -0.2) is 4.98 Å². The first-order chi connectivity index (χ1) is 10.2. The number of ether oxygens (including phenoxy) is 2. The molecular weight excluding hydrogens is 268 g/mol. The zero-order chi connectivity index (χ0) is 15.1. The largest absolute Gasteiger partial charge is 0.481 e. The summed E-state index contributed by atoms with van der Waals surface area (Å²) in [5.41, 5.74) is 0.924. The third kappa shape index (κ3) is 4.60. The van der Waals surface area contributed by atoms with Gasteiger partial charge in [-0.15, -0.1) is 0 Å². The van der Waals surface area contributed by atoms with E-state index in [1.807, 2.05) is 25.2 Å². The van der Waals surface area contributed by atoms with E-state index in [0.29, 0.717) is 18.3 Å². The molecule has 116 valence electrons. The Bertz CT molecular complexity index is 472. The number of aromatic nitrogens is 1. The summed E-state index contributed by atoms with van der Waals surface area (Å²) < 4.78 is 10.5. The number of hydrogen-bond donors (Lipinski definition) is 1. The molecule has 0 radical (unpaired) electrons. The summed E-state index contributed by atoms with van der Waals surface area (Å²) in [5, 5.41) is 3.33. The van der Waals surface area contributed by atoms with Crippen molar-refractivity contribution in [3.8, 4) is 5.88 Å². The first-order valence-electron chi connectivity index (χ1n) is 7.22.